The lowest BCUT2D eigenvalue weighted by atomic mass is 10.7. The van der Waals surface area contributed by atoms with E-state index in [9.17, 15) is 13.2 Å². The monoisotopic (exact) mass is 194 g/mol. The molecule has 12 heavy (non-hydrogen) atoms. The van der Waals surface area contributed by atoms with Gasteiger partial charge in [-0.2, -0.15) is 8.42 Å². The van der Waals surface area contributed by atoms with Crippen molar-refractivity contribution < 1.29 is 27.3 Å². The lowest BCUT2D eigenvalue weighted by Crippen LogP contribution is -2.08. The van der Waals surface area contributed by atoms with Gasteiger partial charge in [0.15, 0.2) is 0 Å². The highest BCUT2D eigenvalue weighted by Gasteiger charge is 2.14. The maximum absolute atomic E-state index is 9.29. The van der Waals surface area contributed by atoms with Gasteiger partial charge in [-0.25, -0.2) is 4.79 Å². The second-order valence-corrected chi connectivity index (χ2v) is 2.83. The second-order valence-electron chi connectivity index (χ2n) is 1.53. The molecule has 1 rings (SSSR count). The molecule has 6 nitrogen and oxygen atoms in total. The highest BCUT2D eigenvalue weighted by atomic mass is 32.2. The summed E-state index contributed by atoms with van der Waals surface area (Å²) in [5.41, 5.74) is 0. The largest absolute Gasteiger partial charge is 0.473 e. The summed E-state index contributed by atoms with van der Waals surface area (Å²) in [5, 5.41) is 5.18. The molecule has 0 amide bonds. The minimum absolute atomic E-state index is 1.62. The van der Waals surface area contributed by atoms with E-state index in [-0.39, 0.29) is 0 Å². The molecule has 0 aromatic carbocycles. The minimum atomic E-state index is -4.82. The quantitative estimate of drug-likeness (QED) is 0.592. The normalized spacial score (nSPS) is 9.75. The van der Waals surface area contributed by atoms with Gasteiger partial charge in [-0.1, -0.05) is 0 Å². The molecule has 0 unspecified atom stereocenters. The van der Waals surface area contributed by atoms with E-state index in [4.69, 9.17) is 9.66 Å². The minimum Gasteiger partial charge on any atom is -0.473 e. The maximum atomic E-state index is 9.29. The van der Waals surface area contributed by atoms with E-state index in [1.54, 1.807) is 12.5 Å². The molecule has 0 aliphatic carbocycles. The number of hydrogen-bond donors (Lipinski definition) is 2. The first-order valence-corrected chi connectivity index (χ1v) is 4.06. The molecule has 68 valence electrons. The first-order chi connectivity index (χ1) is 5.44. The fraction of sp³-hybridized carbons (Fsp3) is 0. The zero-order valence-electron chi connectivity index (χ0n) is 5.75. The van der Waals surface area contributed by atoms with E-state index in [2.05, 4.69) is 4.42 Å². The number of carboxylic acid groups (broad SMARTS) is 1. The highest BCUT2D eigenvalue weighted by Crippen LogP contribution is 1.80. The van der Waals surface area contributed by atoms with E-state index in [0.29, 0.717) is 0 Å². The van der Waals surface area contributed by atoms with Crippen LogP contribution in [-0.4, -0.2) is 23.4 Å². The molecule has 0 aliphatic heterocycles. The fourth-order valence-electron chi connectivity index (χ4n) is 0.227. The van der Waals surface area contributed by atoms with Crippen LogP contribution in [0.1, 0.15) is 0 Å². The smallest absolute Gasteiger partial charge is 0.449 e. The van der Waals surface area contributed by atoms with Gasteiger partial charge in [-0.3, -0.25) is 4.55 Å². The van der Waals surface area contributed by atoms with Crippen LogP contribution in [-0.2, 0) is 10.1 Å². The molecule has 1 heterocycles. The van der Waals surface area contributed by atoms with Crippen LogP contribution in [0.5, 0.6) is 0 Å². The molecule has 0 bridgehead atoms. The fourth-order valence-corrected chi connectivity index (χ4v) is 0.227. The zero-order valence-corrected chi connectivity index (χ0v) is 6.56. The van der Waals surface area contributed by atoms with Crippen molar-refractivity contribution in [2.75, 3.05) is 0 Å². The van der Waals surface area contributed by atoms with Crippen molar-refractivity contribution in [3.05, 3.63) is 24.7 Å². The van der Waals surface area contributed by atoms with Crippen molar-refractivity contribution in [1.82, 2.24) is 0 Å². The van der Waals surface area contributed by atoms with Crippen molar-refractivity contribution in [3.63, 3.8) is 0 Å². The van der Waals surface area contributed by atoms with E-state index < -0.39 is 15.4 Å². The SMILES string of the molecule is O=C(O)S(=O)(=O)O.c1ccoc1. The van der Waals surface area contributed by atoms with Crippen LogP contribution >= 0.6 is 0 Å². The van der Waals surface area contributed by atoms with Crippen LogP contribution in [0.3, 0.4) is 0 Å². The predicted molar refractivity (Wildman–Crippen MR) is 38.3 cm³/mol. The third-order valence-electron chi connectivity index (χ3n) is 0.646. The predicted octanol–water partition coefficient (Wildman–Crippen LogP) is 0.832. The Kier molecular flexibility index (Phi) is 4.02. The van der Waals surface area contributed by atoms with Crippen LogP contribution in [0.4, 0.5) is 4.79 Å². The Morgan fingerprint density at radius 3 is 1.67 bits per heavy atom. The van der Waals surface area contributed by atoms with E-state index in [1.165, 1.54) is 0 Å². The number of furan rings is 1. The highest BCUT2D eigenvalue weighted by molar-refractivity contribution is 8.00. The van der Waals surface area contributed by atoms with Gasteiger partial charge in [0.25, 0.3) is 0 Å². The number of carbonyl (C=O) groups is 1. The molecule has 0 aliphatic rings. The summed E-state index contributed by atoms with van der Waals surface area (Å²) in [6.07, 6.45) is 3.25. The van der Waals surface area contributed by atoms with Crippen LogP contribution in [0.15, 0.2) is 29.1 Å². The molecule has 2 N–H and O–H groups in total. The number of hydrogen-bond acceptors (Lipinski definition) is 4. The Labute approximate surface area is 68.2 Å². The molecule has 0 saturated heterocycles. The Morgan fingerprint density at radius 2 is 1.58 bits per heavy atom. The Hall–Kier alpha value is -1.34. The molecule has 7 heteroatoms. The van der Waals surface area contributed by atoms with Crippen molar-refractivity contribution in [1.29, 1.82) is 0 Å². The van der Waals surface area contributed by atoms with Crippen LogP contribution in [0, 0.1) is 0 Å². The van der Waals surface area contributed by atoms with Crippen molar-refractivity contribution in [2.24, 2.45) is 0 Å². The maximum Gasteiger partial charge on any atom is 0.449 e. The average molecular weight is 194 g/mol. The molecule has 1 aromatic heterocycles. The third kappa shape index (κ3) is 5.45. The van der Waals surface area contributed by atoms with Crippen molar-refractivity contribution in [3.8, 4) is 0 Å². The molecule has 0 spiro atoms. The van der Waals surface area contributed by atoms with E-state index in [1.807, 2.05) is 12.1 Å². The molecule has 1 aromatic rings. The first-order valence-electron chi connectivity index (χ1n) is 2.62. The standard InChI is InChI=1S/C4H4O.CH2O5S/c1-2-4-5-3-1;2-1(3)7(4,5)6/h1-4H;(H,2,3)(H,4,5,6). The van der Waals surface area contributed by atoms with Gasteiger partial charge in [0.05, 0.1) is 12.5 Å². The Morgan fingerprint density at radius 1 is 1.25 bits per heavy atom. The lowest BCUT2D eigenvalue weighted by molar-refractivity contribution is 0.216. The molecule has 0 atom stereocenters. The first kappa shape index (κ1) is 10.7. The van der Waals surface area contributed by atoms with Gasteiger partial charge in [-0.05, 0) is 12.1 Å². The van der Waals surface area contributed by atoms with Crippen LogP contribution < -0.4 is 0 Å². The third-order valence-corrected chi connectivity index (χ3v) is 1.09. The average Bonchev–Trinajstić information content (AvgIpc) is 2.39. The molecular formula is C5H6O6S. The van der Waals surface area contributed by atoms with E-state index in [0.717, 1.165) is 0 Å². The molecule has 0 radical (unpaired) electrons. The lowest BCUT2D eigenvalue weighted by Gasteiger charge is -1.78. The molecule has 0 saturated carbocycles. The van der Waals surface area contributed by atoms with Crippen LogP contribution in [0.25, 0.3) is 0 Å². The topological polar surface area (TPSA) is 105 Å². The summed E-state index contributed by atoms with van der Waals surface area (Å²) in [6, 6.07) is 3.67. The summed E-state index contributed by atoms with van der Waals surface area (Å²) in [6.45, 7) is 0. The molecular weight excluding hydrogens is 188 g/mol. The summed E-state index contributed by atoms with van der Waals surface area (Å²) in [7, 11) is -4.82. The summed E-state index contributed by atoms with van der Waals surface area (Å²) in [4.78, 5) is 9.18. The second kappa shape index (κ2) is 4.52. The van der Waals surface area contributed by atoms with Crippen molar-refractivity contribution in [2.45, 2.75) is 0 Å². The summed E-state index contributed by atoms with van der Waals surface area (Å²) >= 11 is 0. The zero-order chi connectivity index (χ0) is 9.61. The number of rotatable bonds is 0. The Bertz CT molecular complexity index is 292. The Balaban J connectivity index is 0.000000211. The van der Waals surface area contributed by atoms with Gasteiger partial charge < -0.3 is 9.52 Å². The van der Waals surface area contributed by atoms with Gasteiger partial charge >= 0.3 is 15.4 Å². The van der Waals surface area contributed by atoms with Crippen LogP contribution in [0.2, 0.25) is 0 Å². The summed E-state index contributed by atoms with van der Waals surface area (Å²) < 4.78 is 30.6. The van der Waals surface area contributed by atoms with Crippen molar-refractivity contribution >= 4 is 15.4 Å². The van der Waals surface area contributed by atoms with Gasteiger partial charge in [0.1, 0.15) is 0 Å². The van der Waals surface area contributed by atoms with Gasteiger partial charge in [0, 0.05) is 0 Å². The molecule has 0 fully saturated rings. The van der Waals surface area contributed by atoms with E-state index >= 15 is 0 Å². The van der Waals surface area contributed by atoms with Gasteiger partial charge in [0.2, 0.25) is 0 Å². The van der Waals surface area contributed by atoms with Gasteiger partial charge in [-0.15, -0.1) is 0 Å². The summed E-state index contributed by atoms with van der Waals surface area (Å²) in [5.74, 6) is 0.